The number of rotatable bonds is 3. The fraction of sp³-hybridized carbons (Fsp3) is 0.533. The predicted octanol–water partition coefficient (Wildman–Crippen LogP) is 2.88. The Hall–Kier alpha value is -1.35. The van der Waals surface area contributed by atoms with Gasteiger partial charge in [0.05, 0.1) is 0 Å². The van der Waals surface area contributed by atoms with Crippen LogP contribution in [0.4, 0.5) is 0 Å². The number of pyridine rings is 1. The molecule has 0 saturated carbocycles. The van der Waals surface area contributed by atoms with Crippen LogP contribution in [-0.4, -0.2) is 30.5 Å². The zero-order chi connectivity index (χ0) is 12.5. The molecule has 0 aromatic carbocycles. The lowest BCUT2D eigenvalue weighted by molar-refractivity contribution is 0.322. The maximum absolute atomic E-state index is 5.91. The van der Waals surface area contributed by atoms with E-state index >= 15 is 0 Å². The highest BCUT2D eigenvalue weighted by molar-refractivity contribution is 5.81. The van der Waals surface area contributed by atoms with Gasteiger partial charge in [-0.15, -0.1) is 0 Å². The number of hydrogen-bond acceptors (Lipinski definition) is 3. The second-order valence-electron chi connectivity index (χ2n) is 5.58. The molecule has 0 amide bonds. The van der Waals surface area contributed by atoms with Crippen LogP contribution in [0.25, 0.3) is 11.0 Å². The summed E-state index contributed by atoms with van der Waals surface area (Å²) in [5.41, 5.74) is 2.41. The van der Waals surface area contributed by atoms with Gasteiger partial charge in [0.15, 0.2) is 0 Å². The van der Waals surface area contributed by atoms with Crippen molar-refractivity contribution in [2.75, 3.05) is 20.6 Å². The summed E-state index contributed by atoms with van der Waals surface area (Å²) < 4.78 is 5.91. The molecule has 1 unspecified atom stereocenters. The summed E-state index contributed by atoms with van der Waals surface area (Å²) in [5.74, 6) is 1.99. The van der Waals surface area contributed by atoms with Crippen LogP contribution in [0, 0.1) is 5.92 Å². The molecule has 0 bridgehead atoms. The number of furan rings is 1. The molecule has 0 radical (unpaired) electrons. The van der Waals surface area contributed by atoms with Gasteiger partial charge in [0, 0.05) is 29.8 Å². The maximum Gasteiger partial charge on any atom is 0.137 e. The van der Waals surface area contributed by atoms with Gasteiger partial charge < -0.3 is 9.32 Å². The molecule has 1 aliphatic rings. The van der Waals surface area contributed by atoms with Crippen molar-refractivity contribution in [3.63, 3.8) is 0 Å². The highest BCUT2D eigenvalue weighted by Crippen LogP contribution is 2.34. The van der Waals surface area contributed by atoms with E-state index in [-0.39, 0.29) is 0 Å². The smallest absolute Gasteiger partial charge is 0.137 e. The second-order valence-corrected chi connectivity index (χ2v) is 5.58. The minimum Gasteiger partial charge on any atom is -0.461 e. The van der Waals surface area contributed by atoms with E-state index in [1.54, 1.807) is 6.20 Å². The molecule has 0 spiro atoms. The Kier molecular flexibility index (Phi) is 3.08. The van der Waals surface area contributed by atoms with Crippen LogP contribution >= 0.6 is 0 Å². The van der Waals surface area contributed by atoms with E-state index in [1.165, 1.54) is 36.1 Å². The van der Waals surface area contributed by atoms with Crippen LogP contribution in [0.5, 0.6) is 0 Å². The van der Waals surface area contributed by atoms with Crippen molar-refractivity contribution in [3.8, 4) is 0 Å². The third-order valence-corrected chi connectivity index (χ3v) is 3.93. The molecule has 1 aliphatic carbocycles. The first-order chi connectivity index (χ1) is 8.74. The number of aromatic nitrogens is 1. The summed E-state index contributed by atoms with van der Waals surface area (Å²) in [4.78, 5) is 6.49. The average Bonchev–Trinajstić information content (AvgIpc) is 2.74. The Morgan fingerprint density at radius 1 is 1.44 bits per heavy atom. The fourth-order valence-corrected chi connectivity index (χ4v) is 2.88. The van der Waals surface area contributed by atoms with Crippen molar-refractivity contribution in [1.82, 2.24) is 9.88 Å². The molecule has 0 N–H and O–H groups in total. The minimum atomic E-state index is 0.793. The van der Waals surface area contributed by atoms with Crippen molar-refractivity contribution < 1.29 is 4.42 Å². The summed E-state index contributed by atoms with van der Waals surface area (Å²) in [5, 5.41) is 1.22. The number of fused-ring (bicyclic) bond motifs is 3. The first kappa shape index (κ1) is 11.7. The molecule has 96 valence electrons. The Labute approximate surface area is 108 Å². The SMILES string of the molecule is CN(C)CCC1CCc2oc3ccncc3c2C1. The van der Waals surface area contributed by atoms with Gasteiger partial charge in [0.25, 0.3) is 0 Å². The maximum atomic E-state index is 5.91. The summed E-state index contributed by atoms with van der Waals surface area (Å²) in [7, 11) is 4.29. The van der Waals surface area contributed by atoms with Gasteiger partial charge in [-0.05, 0) is 51.9 Å². The standard InChI is InChI=1S/C15H20N2O/c1-17(2)8-6-11-3-4-14-12(9-11)13-10-16-7-5-15(13)18-14/h5,7,10-11H,3-4,6,8-9H2,1-2H3. The van der Waals surface area contributed by atoms with Gasteiger partial charge in [-0.2, -0.15) is 0 Å². The molecular weight excluding hydrogens is 224 g/mol. The third-order valence-electron chi connectivity index (χ3n) is 3.93. The van der Waals surface area contributed by atoms with Gasteiger partial charge in [0.1, 0.15) is 11.3 Å². The Morgan fingerprint density at radius 2 is 2.33 bits per heavy atom. The second kappa shape index (κ2) is 4.73. The molecular formula is C15H20N2O. The molecule has 3 heteroatoms. The molecule has 3 nitrogen and oxygen atoms in total. The normalized spacial score (nSPS) is 19.4. The lowest BCUT2D eigenvalue weighted by atomic mass is 9.85. The highest BCUT2D eigenvalue weighted by Gasteiger charge is 2.24. The van der Waals surface area contributed by atoms with Crippen LogP contribution in [0.15, 0.2) is 22.9 Å². The largest absolute Gasteiger partial charge is 0.461 e. The Balaban J connectivity index is 1.83. The summed E-state index contributed by atoms with van der Waals surface area (Å²) in [6, 6.07) is 1.97. The van der Waals surface area contributed by atoms with Gasteiger partial charge in [-0.1, -0.05) is 0 Å². The fourth-order valence-electron chi connectivity index (χ4n) is 2.88. The van der Waals surface area contributed by atoms with Gasteiger partial charge in [0.2, 0.25) is 0 Å². The van der Waals surface area contributed by atoms with Crippen LogP contribution in [0.2, 0.25) is 0 Å². The van der Waals surface area contributed by atoms with Crippen molar-refractivity contribution in [2.45, 2.75) is 25.7 Å². The monoisotopic (exact) mass is 244 g/mol. The molecule has 0 aliphatic heterocycles. The zero-order valence-electron chi connectivity index (χ0n) is 11.1. The molecule has 0 fully saturated rings. The summed E-state index contributed by atoms with van der Waals surface area (Å²) in [6.45, 7) is 1.17. The highest BCUT2D eigenvalue weighted by atomic mass is 16.3. The lowest BCUT2D eigenvalue weighted by Crippen LogP contribution is -2.20. The van der Waals surface area contributed by atoms with Crippen LogP contribution in [0.1, 0.15) is 24.2 Å². The van der Waals surface area contributed by atoms with Crippen molar-refractivity contribution >= 4 is 11.0 Å². The Morgan fingerprint density at radius 3 is 3.17 bits per heavy atom. The zero-order valence-corrected chi connectivity index (χ0v) is 11.1. The molecule has 18 heavy (non-hydrogen) atoms. The van der Waals surface area contributed by atoms with Gasteiger partial charge in [-0.25, -0.2) is 0 Å². The summed E-state index contributed by atoms with van der Waals surface area (Å²) >= 11 is 0. The third kappa shape index (κ3) is 2.15. The number of aryl methyl sites for hydroxylation is 1. The quantitative estimate of drug-likeness (QED) is 0.831. The van der Waals surface area contributed by atoms with Gasteiger partial charge in [-0.3, -0.25) is 4.98 Å². The van der Waals surface area contributed by atoms with E-state index < -0.39 is 0 Å². The van der Waals surface area contributed by atoms with E-state index in [0.717, 1.165) is 24.3 Å². The van der Waals surface area contributed by atoms with E-state index in [9.17, 15) is 0 Å². The lowest BCUT2D eigenvalue weighted by Gasteiger charge is -2.22. The number of nitrogens with zero attached hydrogens (tertiary/aromatic N) is 2. The van der Waals surface area contributed by atoms with Crippen LogP contribution in [-0.2, 0) is 12.8 Å². The molecule has 3 rings (SSSR count). The molecule has 2 heterocycles. The van der Waals surface area contributed by atoms with Crippen molar-refractivity contribution in [2.24, 2.45) is 5.92 Å². The van der Waals surface area contributed by atoms with Crippen molar-refractivity contribution in [1.29, 1.82) is 0 Å². The van der Waals surface area contributed by atoms with Crippen molar-refractivity contribution in [3.05, 3.63) is 29.8 Å². The van der Waals surface area contributed by atoms with E-state index in [1.807, 2.05) is 12.3 Å². The minimum absolute atomic E-state index is 0.793. The molecule has 2 aromatic heterocycles. The van der Waals surface area contributed by atoms with E-state index in [2.05, 4.69) is 24.0 Å². The van der Waals surface area contributed by atoms with E-state index in [4.69, 9.17) is 4.42 Å². The first-order valence-electron chi connectivity index (χ1n) is 6.73. The van der Waals surface area contributed by atoms with E-state index in [0.29, 0.717) is 0 Å². The first-order valence-corrected chi connectivity index (χ1v) is 6.73. The molecule has 1 atom stereocenters. The molecule has 0 saturated heterocycles. The predicted molar refractivity (Wildman–Crippen MR) is 72.7 cm³/mol. The topological polar surface area (TPSA) is 29.3 Å². The number of hydrogen-bond donors (Lipinski definition) is 0. The average molecular weight is 244 g/mol. The van der Waals surface area contributed by atoms with Crippen LogP contribution in [0.3, 0.4) is 0 Å². The Bertz CT molecular complexity index is 544. The van der Waals surface area contributed by atoms with Gasteiger partial charge >= 0.3 is 0 Å². The molecule has 2 aromatic rings. The van der Waals surface area contributed by atoms with Crippen LogP contribution < -0.4 is 0 Å². The summed E-state index contributed by atoms with van der Waals surface area (Å²) in [6.07, 6.45) is 8.53.